The molecule has 3 aliphatic rings. The number of aromatic amines is 1. The fourth-order valence-corrected chi connectivity index (χ4v) is 5.31. The van der Waals surface area contributed by atoms with Crippen LogP contribution in [0.5, 0.6) is 0 Å². The van der Waals surface area contributed by atoms with Crippen LogP contribution in [-0.4, -0.2) is 46.7 Å². The predicted molar refractivity (Wildman–Crippen MR) is 112 cm³/mol. The number of H-pyrrole nitrogens is 1. The summed E-state index contributed by atoms with van der Waals surface area (Å²) in [7, 11) is 2.08. The lowest BCUT2D eigenvalue weighted by Gasteiger charge is -2.48. The molecule has 0 unspecified atom stereocenters. The molecule has 2 aliphatic carbocycles. The third-order valence-electron chi connectivity index (χ3n) is 7.34. The number of rotatable bonds is 6. The van der Waals surface area contributed by atoms with Crippen molar-refractivity contribution in [3.05, 3.63) is 38.3 Å². The maximum absolute atomic E-state index is 15.1. The van der Waals surface area contributed by atoms with Crippen molar-refractivity contribution < 1.29 is 4.39 Å². The van der Waals surface area contributed by atoms with Gasteiger partial charge in [0, 0.05) is 49.1 Å². The first-order chi connectivity index (χ1) is 14.4. The van der Waals surface area contributed by atoms with Gasteiger partial charge >= 0.3 is 5.69 Å². The fourth-order valence-electron chi connectivity index (χ4n) is 5.31. The average molecular weight is 411 g/mol. The molecule has 0 radical (unpaired) electrons. The Hall–Kier alpha value is -2.66. The molecule has 0 amide bonds. The van der Waals surface area contributed by atoms with E-state index in [2.05, 4.69) is 23.0 Å². The van der Waals surface area contributed by atoms with E-state index in [1.807, 2.05) is 11.8 Å². The Labute approximate surface area is 173 Å². The zero-order chi connectivity index (χ0) is 21.2. The molecule has 0 spiro atoms. The summed E-state index contributed by atoms with van der Waals surface area (Å²) in [6.07, 6.45) is 4.54. The van der Waals surface area contributed by atoms with Crippen molar-refractivity contribution >= 4 is 16.6 Å². The van der Waals surface area contributed by atoms with E-state index in [-0.39, 0.29) is 17.0 Å². The SMILES string of the molecule is Cc1c(N2CC(C3(N(C)CCC#N)CC3)C2)c(F)cc2c(=O)[nH]c(=O)n(C3CC3)c12. The second-order valence-electron chi connectivity index (χ2n) is 9.12. The summed E-state index contributed by atoms with van der Waals surface area (Å²) in [5.41, 5.74) is 0.932. The van der Waals surface area contributed by atoms with Crippen molar-refractivity contribution in [1.82, 2.24) is 14.5 Å². The lowest BCUT2D eigenvalue weighted by atomic mass is 9.86. The minimum Gasteiger partial charge on any atom is -0.368 e. The molecule has 1 saturated heterocycles. The molecule has 158 valence electrons. The Balaban J connectivity index is 1.48. The van der Waals surface area contributed by atoms with Crippen LogP contribution in [0.4, 0.5) is 10.1 Å². The Kier molecular flexibility index (Phi) is 4.30. The van der Waals surface area contributed by atoms with E-state index in [9.17, 15) is 9.59 Å². The molecule has 8 heteroatoms. The molecule has 30 heavy (non-hydrogen) atoms. The van der Waals surface area contributed by atoms with Gasteiger partial charge in [0.15, 0.2) is 0 Å². The number of aryl methyl sites for hydroxylation is 1. The van der Waals surface area contributed by atoms with Gasteiger partial charge in [0.25, 0.3) is 5.56 Å². The Bertz CT molecular complexity index is 1180. The largest absolute Gasteiger partial charge is 0.368 e. The summed E-state index contributed by atoms with van der Waals surface area (Å²) in [5, 5.41) is 9.12. The zero-order valence-corrected chi connectivity index (χ0v) is 17.4. The van der Waals surface area contributed by atoms with E-state index in [1.165, 1.54) is 6.07 Å². The molecule has 2 saturated carbocycles. The smallest absolute Gasteiger partial charge is 0.329 e. The van der Waals surface area contributed by atoms with Gasteiger partial charge in [-0.2, -0.15) is 5.26 Å². The summed E-state index contributed by atoms with van der Waals surface area (Å²) in [5.74, 6) is 0.0214. The van der Waals surface area contributed by atoms with Crippen molar-refractivity contribution in [1.29, 1.82) is 5.26 Å². The van der Waals surface area contributed by atoms with Crippen molar-refractivity contribution in [3.8, 4) is 6.07 Å². The Morgan fingerprint density at radius 3 is 2.63 bits per heavy atom. The highest BCUT2D eigenvalue weighted by atomic mass is 19.1. The maximum Gasteiger partial charge on any atom is 0.329 e. The normalized spacial score (nSPS) is 20.4. The average Bonchev–Trinajstić information content (AvgIpc) is 3.56. The fraction of sp³-hybridized carbons (Fsp3) is 0.591. The predicted octanol–water partition coefficient (Wildman–Crippen LogP) is 2.29. The van der Waals surface area contributed by atoms with Gasteiger partial charge in [-0.25, -0.2) is 9.18 Å². The Morgan fingerprint density at radius 2 is 2.03 bits per heavy atom. The highest BCUT2D eigenvalue weighted by molar-refractivity contribution is 5.87. The number of benzene rings is 1. The van der Waals surface area contributed by atoms with Crippen LogP contribution >= 0.6 is 0 Å². The molecule has 2 aromatic rings. The number of nitriles is 1. The number of anilines is 1. The molecule has 0 bridgehead atoms. The first-order valence-electron chi connectivity index (χ1n) is 10.7. The number of nitrogens with zero attached hydrogens (tertiary/aromatic N) is 4. The minimum absolute atomic E-state index is 0.0847. The van der Waals surface area contributed by atoms with Crippen LogP contribution in [-0.2, 0) is 0 Å². The van der Waals surface area contributed by atoms with E-state index >= 15 is 4.39 Å². The van der Waals surface area contributed by atoms with Crippen LogP contribution in [0.1, 0.15) is 43.7 Å². The summed E-state index contributed by atoms with van der Waals surface area (Å²) in [6.45, 7) is 4.07. The lowest BCUT2D eigenvalue weighted by molar-refractivity contribution is 0.132. The molecule has 1 aromatic carbocycles. The molecular weight excluding hydrogens is 385 g/mol. The van der Waals surface area contributed by atoms with Gasteiger partial charge in [0.1, 0.15) is 5.82 Å². The number of fused-ring (bicyclic) bond motifs is 1. The summed E-state index contributed by atoms with van der Waals surface area (Å²) < 4.78 is 16.8. The van der Waals surface area contributed by atoms with Gasteiger partial charge in [0.05, 0.1) is 22.7 Å². The zero-order valence-electron chi connectivity index (χ0n) is 17.4. The molecule has 2 heterocycles. The molecular formula is C22H26FN5O2. The van der Waals surface area contributed by atoms with E-state index < -0.39 is 17.1 Å². The van der Waals surface area contributed by atoms with Crippen LogP contribution < -0.4 is 16.1 Å². The van der Waals surface area contributed by atoms with Gasteiger partial charge in [-0.15, -0.1) is 0 Å². The molecule has 0 atom stereocenters. The van der Waals surface area contributed by atoms with Crippen molar-refractivity contribution in [3.63, 3.8) is 0 Å². The summed E-state index contributed by atoms with van der Waals surface area (Å²) >= 11 is 0. The molecule has 1 aromatic heterocycles. The summed E-state index contributed by atoms with van der Waals surface area (Å²) in [4.78, 5) is 31.5. The number of halogens is 1. The molecule has 5 rings (SSSR count). The van der Waals surface area contributed by atoms with E-state index in [4.69, 9.17) is 5.26 Å². The molecule has 1 N–H and O–H groups in total. The van der Waals surface area contributed by atoms with Gasteiger partial charge in [0.2, 0.25) is 0 Å². The number of hydrogen-bond acceptors (Lipinski definition) is 5. The second kappa shape index (κ2) is 6.67. The second-order valence-corrected chi connectivity index (χ2v) is 9.12. The van der Waals surface area contributed by atoms with Crippen molar-refractivity contribution in [2.24, 2.45) is 5.92 Å². The van der Waals surface area contributed by atoms with Gasteiger partial charge < -0.3 is 4.90 Å². The quantitative estimate of drug-likeness (QED) is 0.788. The highest BCUT2D eigenvalue weighted by Crippen LogP contribution is 2.51. The Morgan fingerprint density at radius 1 is 1.33 bits per heavy atom. The third kappa shape index (κ3) is 2.79. The van der Waals surface area contributed by atoms with Crippen molar-refractivity contribution in [2.45, 2.75) is 50.6 Å². The first kappa shape index (κ1) is 19.3. The topological polar surface area (TPSA) is 85.1 Å². The van der Waals surface area contributed by atoms with Crippen molar-refractivity contribution in [2.75, 3.05) is 31.6 Å². The van der Waals surface area contributed by atoms with Gasteiger partial charge in [-0.3, -0.25) is 19.2 Å². The lowest BCUT2D eigenvalue weighted by Crippen LogP contribution is -2.58. The standard InChI is InChI=1S/C22H26FN5O2/c1-13-18-16(20(29)25-21(30)28(18)15-4-5-15)10-17(23)19(13)27-11-14(12-27)22(6-7-22)26(2)9-3-8-24/h10,14-15H,3-7,9,11-12H2,1-2H3,(H,25,29,30). The van der Waals surface area contributed by atoms with Gasteiger partial charge in [-0.1, -0.05) is 0 Å². The first-order valence-corrected chi connectivity index (χ1v) is 10.7. The highest BCUT2D eigenvalue weighted by Gasteiger charge is 2.56. The third-order valence-corrected chi connectivity index (χ3v) is 7.34. The van der Waals surface area contributed by atoms with E-state index in [1.54, 1.807) is 4.57 Å². The molecule has 1 aliphatic heterocycles. The molecule has 7 nitrogen and oxygen atoms in total. The minimum atomic E-state index is -0.530. The molecule has 3 fully saturated rings. The van der Waals surface area contributed by atoms with Crippen LogP contribution in [0.2, 0.25) is 0 Å². The van der Waals surface area contributed by atoms with Crippen LogP contribution in [0.25, 0.3) is 10.9 Å². The van der Waals surface area contributed by atoms with Crippen LogP contribution in [0.3, 0.4) is 0 Å². The summed E-state index contributed by atoms with van der Waals surface area (Å²) in [6, 6.07) is 3.58. The van der Waals surface area contributed by atoms with E-state index in [0.29, 0.717) is 29.1 Å². The van der Waals surface area contributed by atoms with Gasteiger partial charge in [-0.05, 0) is 45.7 Å². The number of nitrogens with one attached hydrogen (secondary N) is 1. The number of hydrogen-bond donors (Lipinski definition) is 1. The van der Waals surface area contributed by atoms with Crippen LogP contribution in [0.15, 0.2) is 15.7 Å². The number of aromatic nitrogens is 2. The van der Waals surface area contributed by atoms with E-state index in [0.717, 1.165) is 45.3 Å². The van der Waals surface area contributed by atoms with Crippen LogP contribution in [0, 0.1) is 30.0 Å². The monoisotopic (exact) mass is 411 g/mol. The maximum atomic E-state index is 15.1.